The molecule has 0 saturated heterocycles. The molecule has 1 heterocycles. The van der Waals surface area contributed by atoms with Gasteiger partial charge in [0.05, 0.1) is 25.7 Å². The number of nitrogens with one attached hydrogen (secondary N) is 2. The van der Waals surface area contributed by atoms with Crippen molar-refractivity contribution in [1.82, 2.24) is 14.9 Å². The number of ether oxygens (including phenoxy) is 2. The average Bonchev–Trinajstić information content (AvgIpc) is 3.26. The van der Waals surface area contributed by atoms with Crippen LogP contribution in [0.2, 0.25) is 0 Å². The molecule has 146 valence electrons. The van der Waals surface area contributed by atoms with Crippen LogP contribution in [0.25, 0.3) is 5.69 Å². The zero-order valence-corrected chi connectivity index (χ0v) is 16.3. The molecule has 0 fully saturated rings. The maximum atomic E-state index is 5.64. The van der Waals surface area contributed by atoms with E-state index in [-0.39, 0.29) is 0 Å². The lowest BCUT2D eigenvalue weighted by molar-refractivity contribution is 0.311. The summed E-state index contributed by atoms with van der Waals surface area (Å²) in [6.07, 6.45) is 5.49. The van der Waals surface area contributed by atoms with Crippen LogP contribution in [0, 0.1) is 0 Å². The molecular weight excluding hydrogens is 354 g/mol. The van der Waals surface area contributed by atoms with Crippen LogP contribution >= 0.6 is 0 Å². The SMILES string of the molecule is CCOc1cc(NC(=NC)NCc2ccccc2-n2ccnc2)ccc1OC. The number of imidazole rings is 1. The minimum Gasteiger partial charge on any atom is -0.493 e. The molecule has 7 heteroatoms. The molecule has 1 aromatic heterocycles. The van der Waals surface area contributed by atoms with Gasteiger partial charge in [-0.05, 0) is 30.7 Å². The van der Waals surface area contributed by atoms with Gasteiger partial charge in [0.25, 0.3) is 0 Å². The van der Waals surface area contributed by atoms with Crippen molar-refractivity contribution in [2.75, 3.05) is 26.1 Å². The molecular formula is C21H25N5O2. The Morgan fingerprint density at radius 1 is 1.18 bits per heavy atom. The second-order valence-electron chi connectivity index (χ2n) is 5.95. The van der Waals surface area contributed by atoms with Crippen molar-refractivity contribution in [1.29, 1.82) is 0 Å². The van der Waals surface area contributed by atoms with Crippen molar-refractivity contribution in [3.05, 3.63) is 66.7 Å². The van der Waals surface area contributed by atoms with E-state index in [1.165, 1.54) is 0 Å². The first-order valence-electron chi connectivity index (χ1n) is 9.10. The van der Waals surface area contributed by atoms with Crippen molar-refractivity contribution < 1.29 is 9.47 Å². The number of nitrogens with zero attached hydrogens (tertiary/aromatic N) is 3. The molecule has 3 aromatic rings. The van der Waals surface area contributed by atoms with E-state index in [9.17, 15) is 0 Å². The van der Waals surface area contributed by atoms with Crippen LogP contribution in [0.4, 0.5) is 5.69 Å². The zero-order valence-electron chi connectivity index (χ0n) is 16.3. The highest BCUT2D eigenvalue weighted by Crippen LogP contribution is 2.30. The highest BCUT2D eigenvalue weighted by molar-refractivity contribution is 5.93. The summed E-state index contributed by atoms with van der Waals surface area (Å²) in [5.41, 5.74) is 3.07. The lowest BCUT2D eigenvalue weighted by atomic mass is 10.1. The second-order valence-corrected chi connectivity index (χ2v) is 5.95. The van der Waals surface area contributed by atoms with Gasteiger partial charge in [0.1, 0.15) is 0 Å². The third kappa shape index (κ3) is 4.62. The fraction of sp³-hybridized carbons (Fsp3) is 0.238. The molecule has 2 aromatic carbocycles. The summed E-state index contributed by atoms with van der Waals surface area (Å²) in [6, 6.07) is 13.9. The van der Waals surface area contributed by atoms with E-state index in [2.05, 4.69) is 32.7 Å². The van der Waals surface area contributed by atoms with Gasteiger partial charge in [-0.25, -0.2) is 4.98 Å². The van der Waals surface area contributed by atoms with Gasteiger partial charge in [-0.2, -0.15) is 0 Å². The van der Waals surface area contributed by atoms with Crippen molar-refractivity contribution in [2.24, 2.45) is 4.99 Å². The van der Waals surface area contributed by atoms with Crippen LogP contribution in [0.15, 0.2) is 66.2 Å². The molecule has 0 atom stereocenters. The number of aliphatic imine (C=N–C) groups is 1. The summed E-state index contributed by atoms with van der Waals surface area (Å²) in [7, 11) is 3.37. The van der Waals surface area contributed by atoms with Gasteiger partial charge in [0, 0.05) is 37.7 Å². The molecule has 0 aliphatic rings. The first-order valence-corrected chi connectivity index (χ1v) is 9.10. The van der Waals surface area contributed by atoms with E-state index in [0.717, 1.165) is 16.9 Å². The van der Waals surface area contributed by atoms with E-state index in [4.69, 9.17) is 9.47 Å². The van der Waals surface area contributed by atoms with Crippen molar-refractivity contribution in [3.8, 4) is 17.2 Å². The second kappa shape index (κ2) is 9.45. The molecule has 0 unspecified atom stereocenters. The number of hydrogen-bond acceptors (Lipinski definition) is 4. The van der Waals surface area contributed by atoms with Crippen LogP contribution in [0.5, 0.6) is 11.5 Å². The van der Waals surface area contributed by atoms with Crippen LogP contribution in [0.3, 0.4) is 0 Å². The van der Waals surface area contributed by atoms with Gasteiger partial charge in [0.15, 0.2) is 17.5 Å². The highest BCUT2D eigenvalue weighted by Gasteiger charge is 2.08. The lowest BCUT2D eigenvalue weighted by Gasteiger charge is -2.16. The van der Waals surface area contributed by atoms with Crippen LogP contribution < -0.4 is 20.1 Å². The van der Waals surface area contributed by atoms with Crippen molar-refractivity contribution in [2.45, 2.75) is 13.5 Å². The molecule has 2 N–H and O–H groups in total. The normalized spacial score (nSPS) is 11.2. The standard InChI is InChI=1S/C21H25N5O2/c1-4-28-20-13-17(9-10-19(20)27-3)25-21(22-2)24-14-16-7-5-6-8-18(16)26-12-11-23-15-26/h5-13,15H,4,14H2,1-3H3,(H2,22,24,25). The summed E-state index contributed by atoms with van der Waals surface area (Å²) in [6.45, 7) is 3.12. The number of rotatable bonds is 7. The van der Waals surface area contributed by atoms with E-state index in [1.54, 1.807) is 26.7 Å². The summed E-state index contributed by atoms with van der Waals surface area (Å²) in [4.78, 5) is 8.44. The minimum atomic E-state index is 0.567. The molecule has 0 amide bonds. The first kappa shape index (κ1) is 19.3. The summed E-state index contributed by atoms with van der Waals surface area (Å²) in [5.74, 6) is 2.05. The number of guanidine groups is 1. The third-order valence-electron chi connectivity index (χ3n) is 4.17. The summed E-state index contributed by atoms with van der Waals surface area (Å²) < 4.78 is 13.0. The Hall–Kier alpha value is -3.48. The largest absolute Gasteiger partial charge is 0.493 e. The fourth-order valence-electron chi connectivity index (χ4n) is 2.83. The average molecular weight is 379 g/mol. The van der Waals surface area contributed by atoms with Gasteiger partial charge in [-0.1, -0.05) is 18.2 Å². The Bertz CT molecular complexity index is 922. The molecule has 0 aliphatic heterocycles. The Morgan fingerprint density at radius 3 is 2.75 bits per heavy atom. The van der Waals surface area contributed by atoms with Gasteiger partial charge in [0.2, 0.25) is 0 Å². The predicted molar refractivity (Wildman–Crippen MR) is 112 cm³/mol. The number of benzene rings is 2. The van der Waals surface area contributed by atoms with E-state index >= 15 is 0 Å². The predicted octanol–water partition coefficient (Wildman–Crippen LogP) is 3.47. The van der Waals surface area contributed by atoms with Gasteiger partial charge < -0.3 is 24.7 Å². The maximum absolute atomic E-state index is 5.64. The van der Waals surface area contributed by atoms with Gasteiger partial charge in [-0.15, -0.1) is 0 Å². The van der Waals surface area contributed by atoms with E-state index in [0.29, 0.717) is 30.6 Å². The van der Waals surface area contributed by atoms with Crippen LogP contribution in [-0.4, -0.2) is 36.3 Å². The zero-order chi connectivity index (χ0) is 19.8. The third-order valence-corrected chi connectivity index (χ3v) is 4.17. The Kier molecular flexibility index (Phi) is 6.51. The maximum Gasteiger partial charge on any atom is 0.195 e. The van der Waals surface area contributed by atoms with Crippen molar-refractivity contribution >= 4 is 11.6 Å². The monoisotopic (exact) mass is 379 g/mol. The molecule has 0 spiro atoms. The molecule has 7 nitrogen and oxygen atoms in total. The lowest BCUT2D eigenvalue weighted by Crippen LogP contribution is -2.30. The number of para-hydroxylation sites is 1. The number of aromatic nitrogens is 2. The smallest absolute Gasteiger partial charge is 0.195 e. The van der Waals surface area contributed by atoms with E-state index in [1.807, 2.05) is 48.0 Å². The van der Waals surface area contributed by atoms with Crippen molar-refractivity contribution in [3.63, 3.8) is 0 Å². The molecule has 0 saturated carbocycles. The quantitative estimate of drug-likeness (QED) is 0.486. The fourth-order valence-corrected chi connectivity index (χ4v) is 2.83. The molecule has 0 bridgehead atoms. The summed E-state index contributed by atoms with van der Waals surface area (Å²) in [5, 5.41) is 6.64. The first-order chi connectivity index (χ1) is 13.7. The topological polar surface area (TPSA) is 72.7 Å². The number of hydrogen-bond donors (Lipinski definition) is 2. The molecule has 0 aliphatic carbocycles. The molecule has 0 radical (unpaired) electrons. The van der Waals surface area contributed by atoms with Gasteiger partial charge >= 0.3 is 0 Å². The Balaban J connectivity index is 1.71. The molecule has 28 heavy (non-hydrogen) atoms. The Labute approximate surface area is 165 Å². The minimum absolute atomic E-state index is 0.567. The van der Waals surface area contributed by atoms with E-state index < -0.39 is 0 Å². The van der Waals surface area contributed by atoms with Crippen LogP contribution in [0.1, 0.15) is 12.5 Å². The summed E-state index contributed by atoms with van der Waals surface area (Å²) >= 11 is 0. The van der Waals surface area contributed by atoms with Crippen LogP contribution in [-0.2, 0) is 6.54 Å². The highest BCUT2D eigenvalue weighted by atomic mass is 16.5. The number of methoxy groups -OCH3 is 1. The Morgan fingerprint density at radius 2 is 2.04 bits per heavy atom. The van der Waals surface area contributed by atoms with Gasteiger partial charge in [-0.3, -0.25) is 4.99 Å². The number of anilines is 1. The molecule has 3 rings (SSSR count).